The number of hydrogen-bond acceptors (Lipinski definition) is 4. The third-order valence-electron chi connectivity index (χ3n) is 3.54. The number of rotatable bonds is 8. The second-order valence-electron chi connectivity index (χ2n) is 5.46. The monoisotopic (exact) mass is 294 g/mol. The van der Waals surface area contributed by atoms with E-state index in [-0.39, 0.29) is 30.9 Å². The number of aliphatic hydroxyl groups is 1. The van der Waals surface area contributed by atoms with Crippen molar-refractivity contribution in [2.75, 3.05) is 20.3 Å². The van der Waals surface area contributed by atoms with Gasteiger partial charge in [0.25, 0.3) is 0 Å². The van der Waals surface area contributed by atoms with E-state index in [1.807, 2.05) is 38.1 Å². The van der Waals surface area contributed by atoms with E-state index < -0.39 is 0 Å². The maximum atomic E-state index is 12.3. The van der Waals surface area contributed by atoms with Crippen LogP contribution in [0.3, 0.4) is 0 Å². The molecule has 21 heavy (non-hydrogen) atoms. The van der Waals surface area contributed by atoms with Crippen molar-refractivity contribution in [3.8, 4) is 5.75 Å². The van der Waals surface area contributed by atoms with Gasteiger partial charge in [-0.15, -0.1) is 0 Å². The van der Waals surface area contributed by atoms with Crippen LogP contribution in [0, 0.1) is 5.92 Å². The molecule has 0 aliphatic carbocycles. The van der Waals surface area contributed by atoms with E-state index in [4.69, 9.17) is 10.5 Å². The van der Waals surface area contributed by atoms with Crippen molar-refractivity contribution in [3.63, 3.8) is 0 Å². The molecule has 3 N–H and O–H groups in total. The quantitative estimate of drug-likeness (QED) is 0.759. The molecule has 1 aromatic rings. The number of benzene rings is 1. The molecule has 0 fully saturated rings. The van der Waals surface area contributed by atoms with E-state index in [0.29, 0.717) is 13.1 Å². The van der Waals surface area contributed by atoms with E-state index in [9.17, 15) is 9.90 Å². The first-order valence-corrected chi connectivity index (χ1v) is 7.25. The van der Waals surface area contributed by atoms with E-state index in [1.54, 1.807) is 12.0 Å². The summed E-state index contributed by atoms with van der Waals surface area (Å²) in [5.74, 6) is 0.939. The van der Waals surface area contributed by atoms with Crippen molar-refractivity contribution in [2.45, 2.75) is 32.9 Å². The van der Waals surface area contributed by atoms with Crippen LogP contribution in [0.25, 0.3) is 0 Å². The fraction of sp³-hybridized carbons (Fsp3) is 0.562. The molecule has 0 bridgehead atoms. The molecule has 0 aromatic heterocycles. The summed E-state index contributed by atoms with van der Waals surface area (Å²) in [6, 6.07) is 7.39. The SMILES string of the molecule is COc1ccccc1CN(CCO)C(=O)CC(N)C(C)C. The molecule has 5 heteroatoms. The average molecular weight is 294 g/mol. The molecule has 1 atom stereocenters. The lowest BCUT2D eigenvalue weighted by Gasteiger charge is -2.25. The zero-order chi connectivity index (χ0) is 15.8. The summed E-state index contributed by atoms with van der Waals surface area (Å²) in [5, 5.41) is 9.18. The van der Waals surface area contributed by atoms with Gasteiger partial charge in [-0.05, 0) is 12.0 Å². The first-order valence-electron chi connectivity index (χ1n) is 7.25. The van der Waals surface area contributed by atoms with Gasteiger partial charge < -0.3 is 20.5 Å². The number of amides is 1. The molecule has 1 unspecified atom stereocenters. The van der Waals surface area contributed by atoms with Crippen LogP contribution in [0.5, 0.6) is 5.75 Å². The molecule has 0 spiro atoms. The standard InChI is InChI=1S/C16H26N2O3/c1-12(2)14(17)10-16(20)18(8-9-19)11-13-6-4-5-7-15(13)21-3/h4-7,12,14,19H,8-11,17H2,1-3H3. The molecule has 5 nitrogen and oxygen atoms in total. The molecule has 0 radical (unpaired) electrons. The summed E-state index contributed by atoms with van der Waals surface area (Å²) in [6.45, 7) is 4.62. The van der Waals surface area contributed by atoms with Gasteiger partial charge in [-0.2, -0.15) is 0 Å². The molecular weight excluding hydrogens is 268 g/mol. The topological polar surface area (TPSA) is 75.8 Å². The van der Waals surface area contributed by atoms with Crippen molar-refractivity contribution in [1.82, 2.24) is 4.90 Å². The van der Waals surface area contributed by atoms with Crippen LogP contribution in [-0.2, 0) is 11.3 Å². The Kier molecular flexibility index (Phi) is 7.19. The molecule has 0 aliphatic rings. The van der Waals surface area contributed by atoms with Gasteiger partial charge in [-0.1, -0.05) is 32.0 Å². The predicted octanol–water partition coefficient (Wildman–Crippen LogP) is 1.39. The molecule has 0 saturated carbocycles. The Hall–Kier alpha value is -1.59. The Morgan fingerprint density at radius 2 is 2.05 bits per heavy atom. The summed E-state index contributed by atoms with van der Waals surface area (Å²) in [5.41, 5.74) is 6.88. The Labute approximate surface area is 126 Å². The lowest BCUT2D eigenvalue weighted by molar-refractivity contribution is -0.133. The van der Waals surface area contributed by atoms with E-state index in [2.05, 4.69) is 0 Å². The summed E-state index contributed by atoms with van der Waals surface area (Å²) in [7, 11) is 1.60. The van der Waals surface area contributed by atoms with Gasteiger partial charge in [-0.25, -0.2) is 0 Å². The maximum Gasteiger partial charge on any atom is 0.224 e. The van der Waals surface area contributed by atoms with Crippen molar-refractivity contribution < 1.29 is 14.6 Å². The predicted molar refractivity (Wildman–Crippen MR) is 82.9 cm³/mol. The van der Waals surface area contributed by atoms with Crippen LogP contribution in [-0.4, -0.2) is 42.2 Å². The Morgan fingerprint density at radius 3 is 2.62 bits per heavy atom. The maximum absolute atomic E-state index is 12.3. The highest BCUT2D eigenvalue weighted by molar-refractivity contribution is 5.77. The zero-order valence-corrected chi connectivity index (χ0v) is 13.1. The molecule has 1 rings (SSSR count). The largest absolute Gasteiger partial charge is 0.496 e. The van der Waals surface area contributed by atoms with Crippen molar-refractivity contribution in [1.29, 1.82) is 0 Å². The highest BCUT2D eigenvalue weighted by atomic mass is 16.5. The molecule has 0 saturated heterocycles. The first-order chi connectivity index (χ1) is 9.99. The van der Waals surface area contributed by atoms with Crippen molar-refractivity contribution in [3.05, 3.63) is 29.8 Å². The number of nitrogens with two attached hydrogens (primary N) is 1. The Morgan fingerprint density at radius 1 is 1.38 bits per heavy atom. The minimum atomic E-state index is -0.170. The number of methoxy groups -OCH3 is 1. The number of ether oxygens (including phenoxy) is 1. The van der Waals surface area contributed by atoms with Gasteiger partial charge >= 0.3 is 0 Å². The molecule has 118 valence electrons. The number of aliphatic hydroxyl groups excluding tert-OH is 1. The van der Waals surface area contributed by atoms with Crippen LogP contribution in [0.15, 0.2) is 24.3 Å². The first kappa shape index (κ1) is 17.5. The Bertz CT molecular complexity index is 449. The lowest BCUT2D eigenvalue weighted by Crippen LogP contribution is -2.39. The fourth-order valence-electron chi connectivity index (χ4n) is 2.02. The van der Waals surface area contributed by atoms with Crippen LogP contribution < -0.4 is 10.5 Å². The summed E-state index contributed by atoms with van der Waals surface area (Å²) in [4.78, 5) is 14.0. The Balaban J connectivity index is 2.79. The number of hydrogen-bond donors (Lipinski definition) is 2. The van der Waals surface area contributed by atoms with Crippen LogP contribution in [0.2, 0.25) is 0 Å². The third kappa shape index (κ3) is 5.36. The van der Waals surface area contributed by atoms with E-state index >= 15 is 0 Å². The second kappa shape index (κ2) is 8.64. The van der Waals surface area contributed by atoms with Gasteiger partial charge in [0.2, 0.25) is 5.91 Å². The highest BCUT2D eigenvalue weighted by Crippen LogP contribution is 2.20. The van der Waals surface area contributed by atoms with E-state index in [0.717, 1.165) is 11.3 Å². The van der Waals surface area contributed by atoms with Gasteiger partial charge in [0, 0.05) is 31.1 Å². The van der Waals surface area contributed by atoms with Crippen molar-refractivity contribution in [2.24, 2.45) is 11.7 Å². The van der Waals surface area contributed by atoms with Crippen molar-refractivity contribution >= 4 is 5.91 Å². The van der Waals surface area contributed by atoms with Gasteiger partial charge in [0.05, 0.1) is 13.7 Å². The molecular formula is C16H26N2O3. The second-order valence-corrected chi connectivity index (χ2v) is 5.46. The minimum Gasteiger partial charge on any atom is -0.496 e. The van der Waals surface area contributed by atoms with Crippen LogP contribution in [0.4, 0.5) is 0 Å². The van der Waals surface area contributed by atoms with Gasteiger partial charge in [0.15, 0.2) is 0 Å². The van der Waals surface area contributed by atoms with Crippen LogP contribution >= 0.6 is 0 Å². The number of carbonyl (C=O) groups excluding carboxylic acids is 1. The average Bonchev–Trinajstić information content (AvgIpc) is 2.47. The fourth-order valence-corrected chi connectivity index (χ4v) is 2.02. The zero-order valence-electron chi connectivity index (χ0n) is 13.1. The lowest BCUT2D eigenvalue weighted by atomic mass is 10.0. The summed E-state index contributed by atoms with van der Waals surface area (Å²) < 4.78 is 5.30. The van der Waals surface area contributed by atoms with E-state index in [1.165, 1.54) is 0 Å². The normalized spacial score (nSPS) is 12.3. The number of carbonyl (C=O) groups is 1. The minimum absolute atomic E-state index is 0.0452. The highest BCUT2D eigenvalue weighted by Gasteiger charge is 2.19. The van der Waals surface area contributed by atoms with Gasteiger partial charge in [0.1, 0.15) is 5.75 Å². The third-order valence-corrected chi connectivity index (χ3v) is 3.54. The smallest absolute Gasteiger partial charge is 0.224 e. The summed E-state index contributed by atoms with van der Waals surface area (Å²) in [6.07, 6.45) is 0.285. The number of nitrogens with zero attached hydrogens (tertiary/aromatic N) is 1. The number of para-hydroxylation sites is 1. The van der Waals surface area contributed by atoms with Gasteiger partial charge in [-0.3, -0.25) is 4.79 Å². The van der Waals surface area contributed by atoms with Crippen LogP contribution in [0.1, 0.15) is 25.8 Å². The summed E-state index contributed by atoms with van der Waals surface area (Å²) >= 11 is 0. The molecule has 1 amide bonds. The molecule has 0 aliphatic heterocycles. The molecule has 0 heterocycles. The molecule has 1 aromatic carbocycles.